The van der Waals surface area contributed by atoms with Crippen LogP contribution in [0, 0.1) is 0 Å². The summed E-state index contributed by atoms with van der Waals surface area (Å²) >= 11 is 3.40. The first kappa shape index (κ1) is 91.6. The number of hydrogen-bond donors (Lipinski definition) is 6. The van der Waals surface area contributed by atoms with Crippen LogP contribution in [-0.4, -0.2) is 58.9 Å². The standard InChI is InChI=1S/C27H24F3NO4.C25H20F3NO4.C20H16BrF3O4.C7H10BNO2.CH4.ClH.Li.H2O/c1-2-33-25(32)14-22-23(27(28,29)30)7-4-8-24(22)35-16-18-12-20-9-10-34-26(20)21(13-18)19-6-3-5-17(11-19)15-31;26-25(27,28)21-5-2-6-22(20(21)12-23(30)31)33-14-16-10-18-7-8-32-24(18)19(11-16)17-4-1-3-15(9-17)13-29;1-2-26-18(25)10-14-15(20(22,23)24)4-3-5-17(14)28-11-12-8-13-6-7-27-19(13)16(21)9-12;9-5-6-2-1-3-7(4-6)8(10)11;;;;/h3-13H,2,14-16,31H2,1H3;1-11H,12-14,29H2,(H,30,31);3-9H,2,10-11H2,1H3;1-4,10-11H,5,9H2;1H4;1H;;1H2/q;;;;;;+1;/p-1. The molecule has 0 radical (unpaired) electrons. The summed E-state index contributed by atoms with van der Waals surface area (Å²) in [6.45, 7) is 4.48. The minimum atomic E-state index is -4.69. The number of esters is 2. The summed E-state index contributed by atoms with van der Waals surface area (Å²) in [6, 6.07) is 49.2. The molecule has 0 atom stereocenters. The van der Waals surface area contributed by atoms with Crippen molar-refractivity contribution in [3.8, 4) is 39.5 Å². The van der Waals surface area contributed by atoms with Gasteiger partial charge in [-0.05, 0) is 183 Å². The Morgan fingerprint density at radius 3 is 1.14 bits per heavy atom. The number of ether oxygens (including phenoxy) is 5. The fourth-order valence-corrected chi connectivity index (χ4v) is 12.1. The van der Waals surface area contributed by atoms with Crippen LogP contribution >= 0.6 is 28.3 Å². The van der Waals surface area contributed by atoms with Gasteiger partial charge in [0.2, 0.25) is 0 Å². The third-order valence-electron chi connectivity index (χ3n) is 16.3. The van der Waals surface area contributed by atoms with E-state index in [0.717, 1.165) is 84.4 Å². The van der Waals surface area contributed by atoms with Gasteiger partial charge >= 0.3 is 62.4 Å². The fraction of sp³-hybridized carbons (Fsp3) is 0.212. The van der Waals surface area contributed by atoms with Crippen LogP contribution in [0.15, 0.2) is 219 Å². The number of carboxylic acids is 1. The molecule has 0 unspecified atom stereocenters. The number of furan rings is 3. The van der Waals surface area contributed by atoms with Gasteiger partial charge in [0.15, 0.2) is 0 Å². The number of alkyl halides is 9. The molecule has 582 valence electrons. The molecule has 9 aromatic carbocycles. The first-order valence-corrected chi connectivity index (χ1v) is 33.8. The van der Waals surface area contributed by atoms with E-state index < -0.39 is 85.1 Å². The maximum atomic E-state index is 13.6. The molecule has 111 heavy (non-hydrogen) atoms. The Morgan fingerprint density at radius 1 is 0.450 bits per heavy atom. The van der Waals surface area contributed by atoms with E-state index in [1.807, 2.05) is 91.0 Å². The number of halogens is 11. The second-order valence-corrected chi connectivity index (χ2v) is 24.6. The van der Waals surface area contributed by atoms with Gasteiger partial charge in [-0.1, -0.05) is 86.3 Å². The summed E-state index contributed by atoms with van der Waals surface area (Å²) in [5, 5.41) is 29.1. The Bertz CT molecular complexity index is 5080. The topological polar surface area (TPSA) is 306 Å². The molecule has 31 heteroatoms. The molecular formula is C80H76BBrClF9LiN3O15. The van der Waals surface area contributed by atoms with E-state index in [1.54, 1.807) is 69.0 Å². The number of carbonyl (C=O) groups is 3. The Labute approximate surface area is 658 Å². The van der Waals surface area contributed by atoms with E-state index in [4.69, 9.17) is 69.3 Å². The quantitative estimate of drug-likeness (QED) is 0.0197. The first-order chi connectivity index (χ1) is 51.1. The van der Waals surface area contributed by atoms with Crippen LogP contribution in [0.4, 0.5) is 39.5 Å². The Balaban J connectivity index is 0.000000275. The molecule has 18 nitrogen and oxygen atoms in total. The molecule has 0 aliphatic rings. The third-order valence-corrected chi connectivity index (χ3v) is 16.9. The van der Waals surface area contributed by atoms with Crippen LogP contribution in [0.3, 0.4) is 0 Å². The van der Waals surface area contributed by atoms with Gasteiger partial charge in [-0.15, -0.1) is 12.4 Å². The van der Waals surface area contributed by atoms with Crippen LogP contribution in [-0.2, 0) is 101 Å². The largest absolute Gasteiger partial charge is 1.00 e. The molecule has 3 heterocycles. The molecule has 0 saturated carbocycles. The number of fused-ring (bicyclic) bond motifs is 3. The van der Waals surface area contributed by atoms with E-state index in [9.17, 15) is 53.9 Å². The number of aliphatic carboxylic acids is 1. The predicted molar refractivity (Wildman–Crippen MR) is 402 cm³/mol. The van der Waals surface area contributed by atoms with Gasteiger partial charge in [0.1, 0.15) is 53.8 Å². The van der Waals surface area contributed by atoms with Gasteiger partial charge in [-0.3, -0.25) is 14.4 Å². The van der Waals surface area contributed by atoms with Crippen molar-refractivity contribution in [3.05, 3.63) is 272 Å². The van der Waals surface area contributed by atoms with Crippen molar-refractivity contribution in [2.45, 2.75) is 98.5 Å². The molecule has 0 spiro atoms. The van der Waals surface area contributed by atoms with Crippen molar-refractivity contribution < 1.29 is 130 Å². The molecular weight excluding hydrogens is 1550 g/mol. The fourth-order valence-electron chi connectivity index (χ4n) is 11.5. The predicted octanol–water partition coefficient (Wildman–Crippen LogP) is 14.7. The molecule has 0 fully saturated rings. The second kappa shape index (κ2) is 41.8. The van der Waals surface area contributed by atoms with Gasteiger partial charge in [-0.25, -0.2) is 0 Å². The summed E-state index contributed by atoms with van der Waals surface area (Å²) in [5.74, 6) is -3.02. The van der Waals surface area contributed by atoms with Gasteiger partial charge < -0.3 is 74.8 Å². The maximum absolute atomic E-state index is 13.6. The van der Waals surface area contributed by atoms with E-state index >= 15 is 0 Å². The third kappa shape index (κ3) is 24.7. The normalized spacial score (nSPS) is 11.0. The minimum absolute atomic E-state index is 0. The van der Waals surface area contributed by atoms with Crippen molar-refractivity contribution >= 4 is 91.7 Å². The van der Waals surface area contributed by atoms with Crippen molar-refractivity contribution in [1.82, 2.24) is 0 Å². The minimum Gasteiger partial charge on any atom is -0.870 e. The van der Waals surface area contributed by atoms with Crippen molar-refractivity contribution in [2.75, 3.05) is 13.2 Å². The van der Waals surface area contributed by atoms with E-state index in [-0.39, 0.29) is 106 Å². The zero-order chi connectivity index (χ0) is 77.2. The zero-order valence-electron chi connectivity index (χ0n) is 59.1. The molecule has 12 rings (SSSR count). The molecule has 0 aliphatic carbocycles. The van der Waals surface area contributed by atoms with E-state index in [2.05, 4.69) is 15.9 Å². The summed E-state index contributed by atoms with van der Waals surface area (Å²) in [6.07, 6.45) is -11.1. The van der Waals surface area contributed by atoms with Crippen LogP contribution in [0.2, 0.25) is 0 Å². The van der Waals surface area contributed by atoms with Gasteiger partial charge in [0.25, 0.3) is 0 Å². The van der Waals surface area contributed by atoms with Crippen LogP contribution in [0.5, 0.6) is 17.2 Å². The van der Waals surface area contributed by atoms with Crippen LogP contribution in [0.1, 0.15) is 88.0 Å². The van der Waals surface area contributed by atoms with Gasteiger partial charge in [0, 0.05) is 63.6 Å². The Kier molecular flexibility index (Phi) is 34.5. The van der Waals surface area contributed by atoms with Crippen LogP contribution < -0.4 is 55.7 Å². The van der Waals surface area contributed by atoms with Crippen molar-refractivity contribution in [1.29, 1.82) is 0 Å². The van der Waals surface area contributed by atoms with Gasteiger partial charge in [0.05, 0.1) is 72.4 Å². The van der Waals surface area contributed by atoms with Gasteiger partial charge in [-0.2, -0.15) is 39.5 Å². The van der Waals surface area contributed by atoms with Crippen LogP contribution in [0.25, 0.3) is 55.2 Å². The molecule has 3 aromatic heterocycles. The maximum Gasteiger partial charge on any atom is 1.00 e. The van der Waals surface area contributed by atoms with E-state index in [1.165, 1.54) is 36.4 Å². The van der Waals surface area contributed by atoms with Crippen molar-refractivity contribution in [3.63, 3.8) is 0 Å². The molecule has 0 aliphatic heterocycles. The number of carboxylic acid groups (broad SMARTS) is 1. The number of carbonyl (C=O) groups excluding carboxylic acids is 2. The second-order valence-electron chi connectivity index (χ2n) is 23.8. The molecule has 0 bridgehead atoms. The SMILES string of the molecule is C.CCOC(=O)Cc1c(OCc2cc(-c3cccc(CN)c3)c3occc3c2)cccc1C(F)(F)F.CCOC(=O)Cc1c(OCc2cc(Br)c3occc3c2)cccc1C(F)(F)F.Cl.NCc1cccc(-c2cc(COc3cccc(C(F)(F)F)c3CC(=O)O)cc3ccoc23)c1.NCc1cccc(B(O)O)c1.[Li+].[OH-]. The number of nitrogens with two attached hydrogens (primary N) is 3. The Hall–Kier alpha value is -10.0. The zero-order valence-corrected chi connectivity index (χ0v) is 61.5. The Morgan fingerprint density at radius 2 is 0.784 bits per heavy atom. The summed E-state index contributed by atoms with van der Waals surface area (Å²) < 4.78 is 166. The monoisotopic (exact) mass is 1620 g/mol. The summed E-state index contributed by atoms with van der Waals surface area (Å²) in [7, 11) is -1.40. The molecule has 0 amide bonds. The number of hydrogen-bond acceptors (Lipinski definition) is 17. The smallest absolute Gasteiger partial charge is 0.870 e. The molecule has 12 aromatic rings. The molecule has 0 saturated heterocycles. The number of benzene rings is 9. The first-order valence-electron chi connectivity index (χ1n) is 33.0. The van der Waals surface area contributed by atoms with Crippen molar-refractivity contribution in [2.24, 2.45) is 17.2 Å². The number of rotatable bonds is 23. The summed E-state index contributed by atoms with van der Waals surface area (Å²) in [5.41, 5.74) is 24.0. The average molecular weight is 1620 g/mol. The summed E-state index contributed by atoms with van der Waals surface area (Å²) in [4.78, 5) is 35.0. The van der Waals surface area contributed by atoms with E-state index in [0.29, 0.717) is 51.9 Å². The molecule has 10 N–H and O–H groups in total. The average Bonchev–Trinajstić information content (AvgIpc) is 1.28.